The van der Waals surface area contributed by atoms with E-state index in [1.54, 1.807) is 23.0 Å². The zero-order chi connectivity index (χ0) is 12.3. The van der Waals surface area contributed by atoms with Gasteiger partial charge in [-0.2, -0.15) is 5.10 Å². The first-order chi connectivity index (χ1) is 8.19. The van der Waals surface area contributed by atoms with Crippen LogP contribution in [0.3, 0.4) is 0 Å². The van der Waals surface area contributed by atoms with Crippen LogP contribution in [-0.2, 0) is 13.2 Å². The maximum absolute atomic E-state index is 13.0. The molecule has 2 rings (SSSR count). The van der Waals surface area contributed by atoms with E-state index in [4.69, 9.17) is 4.74 Å². The zero-order valence-corrected chi connectivity index (χ0v) is 10.9. The van der Waals surface area contributed by atoms with E-state index in [1.807, 2.05) is 13.1 Å². The van der Waals surface area contributed by atoms with E-state index in [2.05, 4.69) is 21.0 Å². The van der Waals surface area contributed by atoms with E-state index < -0.39 is 0 Å². The smallest absolute Gasteiger partial charge is 0.157 e. The molecule has 0 aliphatic rings. The summed E-state index contributed by atoms with van der Waals surface area (Å²) < 4.78 is 20.8. The maximum Gasteiger partial charge on any atom is 0.157 e. The van der Waals surface area contributed by atoms with Gasteiger partial charge in [-0.3, -0.25) is 4.68 Å². The van der Waals surface area contributed by atoms with Crippen molar-refractivity contribution in [2.75, 3.05) is 0 Å². The van der Waals surface area contributed by atoms with Crippen molar-refractivity contribution in [3.05, 3.63) is 46.4 Å². The highest BCUT2D eigenvalue weighted by Gasteiger charge is 2.02. The van der Waals surface area contributed by atoms with Crippen molar-refractivity contribution in [1.29, 1.82) is 0 Å². The second kappa shape index (κ2) is 5.31. The molecular weight excluding hydrogens is 287 g/mol. The van der Waals surface area contributed by atoms with Gasteiger partial charge in [-0.1, -0.05) is 6.07 Å². The van der Waals surface area contributed by atoms with Gasteiger partial charge in [0.2, 0.25) is 0 Å². The minimum absolute atomic E-state index is 0.271. The fraction of sp³-hybridized carbons (Fsp3) is 0.250. The van der Waals surface area contributed by atoms with Gasteiger partial charge in [-0.15, -0.1) is 0 Å². The number of rotatable bonds is 4. The first kappa shape index (κ1) is 12.1. The lowest BCUT2D eigenvalue weighted by Crippen LogP contribution is -1.95. The van der Waals surface area contributed by atoms with Gasteiger partial charge in [0, 0.05) is 6.54 Å². The van der Waals surface area contributed by atoms with Crippen LogP contribution in [0.25, 0.3) is 0 Å². The van der Waals surface area contributed by atoms with Crippen molar-refractivity contribution >= 4 is 15.9 Å². The highest BCUT2D eigenvalue weighted by molar-refractivity contribution is 9.10. The Morgan fingerprint density at radius 3 is 2.94 bits per heavy atom. The standard InChI is InChI=1S/C12H12BrFN2O/c1-2-16-7-10(6-15-16)17-8-9-3-4-12(14)11(13)5-9/h3-7H,2,8H2,1H3. The van der Waals surface area contributed by atoms with Crippen molar-refractivity contribution in [3.8, 4) is 5.75 Å². The molecule has 1 aromatic carbocycles. The van der Waals surface area contributed by atoms with E-state index in [9.17, 15) is 4.39 Å². The van der Waals surface area contributed by atoms with Gasteiger partial charge in [-0.25, -0.2) is 4.39 Å². The second-order valence-corrected chi connectivity index (χ2v) is 4.42. The number of aromatic nitrogens is 2. The van der Waals surface area contributed by atoms with E-state index in [0.29, 0.717) is 16.8 Å². The quantitative estimate of drug-likeness (QED) is 0.865. The van der Waals surface area contributed by atoms with Crippen LogP contribution in [0, 0.1) is 5.82 Å². The number of benzene rings is 1. The Bertz CT molecular complexity index is 513. The summed E-state index contributed by atoms with van der Waals surface area (Å²) in [6.07, 6.45) is 3.50. The first-order valence-electron chi connectivity index (χ1n) is 5.28. The lowest BCUT2D eigenvalue weighted by atomic mass is 10.2. The van der Waals surface area contributed by atoms with Crippen LogP contribution in [0.2, 0.25) is 0 Å². The molecule has 0 bridgehead atoms. The Balaban J connectivity index is 1.99. The summed E-state index contributed by atoms with van der Waals surface area (Å²) in [5.74, 6) is 0.444. The molecule has 1 heterocycles. The van der Waals surface area contributed by atoms with Gasteiger partial charge >= 0.3 is 0 Å². The molecule has 1 aromatic heterocycles. The van der Waals surface area contributed by atoms with Crippen LogP contribution in [0.4, 0.5) is 4.39 Å². The largest absolute Gasteiger partial charge is 0.486 e. The Hall–Kier alpha value is -1.36. The maximum atomic E-state index is 13.0. The predicted octanol–water partition coefficient (Wildman–Crippen LogP) is 3.38. The van der Waals surface area contributed by atoms with Gasteiger partial charge < -0.3 is 4.74 Å². The molecule has 0 spiro atoms. The number of hydrogen-bond acceptors (Lipinski definition) is 2. The molecule has 0 fully saturated rings. The minimum atomic E-state index is -0.271. The summed E-state index contributed by atoms with van der Waals surface area (Å²) in [7, 11) is 0. The van der Waals surface area contributed by atoms with Crippen molar-refractivity contribution in [2.45, 2.75) is 20.1 Å². The number of hydrogen-bond donors (Lipinski definition) is 0. The molecule has 0 radical (unpaired) electrons. The van der Waals surface area contributed by atoms with Crippen LogP contribution in [-0.4, -0.2) is 9.78 Å². The lowest BCUT2D eigenvalue weighted by Gasteiger charge is -2.04. The van der Waals surface area contributed by atoms with Crippen LogP contribution < -0.4 is 4.74 Å². The SMILES string of the molecule is CCn1cc(OCc2ccc(F)c(Br)c2)cn1. The summed E-state index contributed by atoms with van der Waals surface area (Å²) in [6.45, 7) is 3.22. The summed E-state index contributed by atoms with van der Waals surface area (Å²) in [4.78, 5) is 0. The Kier molecular flexibility index (Phi) is 3.78. The van der Waals surface area contributed by atoms with Gasteiger partial charge in [0.1, 0.15) is 12.4 Å². The highest BCUT2D eigenvalue weighted by Crippen LogP contribution is 2.18. The molecule has 0 aliphatic heterocycles. The molecule has 0 unspecified atom stereocenters. The number of ether oxygens (including phenoxy) is 1. The summed E-state index contributed by atoms with van der Waals surface area (Å²) in [6, 6.07) is 4.82. The van der Waals surface area contributed by atoms with Crippen molar-refractivity contribution in [2.24, 2.45) is 0 Å². The molecule has 17 heavy (non-hydrogen) atoms. The Morgan fingerprint density at radius 2 is 2.29 bits per heavy atom. The third kappa shape index (κ3) is 3.06. The average Bonchev–Trinajstić information content (AvgIpc) is 2.79. The normalized spacial score (nSPS) is 10.5. The van der Waals surface area contributed by atoms with Gasteiger partial charge in [0.25, 0.3) is 0 Å². The van der Waals surface area contributed by atoms with E-state index in [-0.39, 0.29) is 5.82 Å². The molecular formula is C12H12BrFN2O. The van der Waals surface area contributed by atoms with E-state index in [1.165, 1.54) is 6.07 Å². The first-order valence-corrected chi connectivity index (χ1v) is 6.07. The topological polar surface area (TPSA) is 27.1 Å². The molecule has 0 atom stereocenters. The molecule has 0 saturated heterocycles. The van der Waals surface area contributed by atoms with Crippen LogP contribution >= 0.6 is 15.9 Å². The summed E-state index contributed by atoms with van der Waals surface area (Å²) in [5, 5.41) is 4.10. The molecule has 0 aliphatic carbocycles. The predicted molar refractivity (Wildman–Crippen MR) is 66.3 cm³/mol. The van der Waals surface area contributed by atoms with Gasteiger partial charge in [0.05, 0.1) is 16.9 Å². The number of halogens is 2. The molecule has 0 N–H and O–H groups in total. The molecule has 0 saturated carbocycles. The van der Waals surface area contributed by atoms with Crippen LogP contribution in [0.15, 0.2) is 35.1 Å². The Morgan fingerprint density at radius 1 is 1.47 bits per heavy atom. The molecule has 90 valence electrons. The fourth-order valence-electron chi connectivity index (χ4n) is 1.39. The van der Waals surface area contributed by atoms with Crippen molar-refractivity contribution in [1.82, 2.24) is 9.78 Å². The molecule has 3 nitrogen and oxygen atoms in total. The van der Waals surface area contributed by atoms with Crippen molar-refractivity contribution in [3.63, 3.8) is 0 Å². The fourth-order valence-corrected chi connectivity index (χ4v) is 1.81. The zero-order valence-electron chi connectivity index (χ0n) is 9.36. The van der Waals surface area contributed by atoms with Gasteiger partial charge in [-0.05, 0) is 40.5 Å². The van der Waals surface area contributed by atoms with Crippen LogP contribution in [0.1, 0.15) is 12.5 Å². The van der Waals surface area contributed by atoms with E-state index in [0.717, 1.165) is 12.1 Å². The summed E-state index contributed by atoms with van der Waals surface area (Å²) >= 11 is 3.14. The Labute approximate surface area is 107 Å². The number of nitrogens with zero attached hydrogens (tertiary/aromatic N) is 2. The summed E-state index contributed by atoms with van der Waals surface area (Å²) in [5.41, 5.74) is 0.905. The van der Waals surface area contributed by atoms with Crippen LogP contribution in [0.5, 0.6) is 5.75 Å². The average molecular weight is 299 g/mol. The molecule has 0 amide bonds. The van der Waals surface area contributed by atoms with Gasteiger partial charge in [0.15, 0.2) is 5.75 Å². The third-order valence-corrected chi connectivity index (χ3v) is 2.93. The van der Waals surface area contributed by atoms with E-state index >= 15 is 0 Å². The minimum Gasteiger partial charge on any atom is -0.486 e. The lowest BCUT2D eigenvalue weighted by molar-refractivity contribution is 0.305. The molecule has 2 aromatic rings. The van der Waals surface area contributed by atoms with Crippen molar-refractivity contribution < 1.29 is 9.13 Å². The molecule has 5 heteroatoms. The monoisotopic (exact) mass is 298 g/mol. The number of aryl methyl sites for hydroxylation is 1. The second-order valence-electron chi connectivity index (χ2n) is 3.57. The highest BCUT2D eigenvalue weighted by atomic mass is 79.9. The third-order valence-electron chi connectivity index (χ3n) is 2.32.